The Bertz CT molecular complexity index is 465. The van der Waals surface area contributed by atoms with Crippen LogP contribution in [0.5, 0.6) is 0 Å². The first-order valence-electron chi connectivity index (χ1n) is 6.26. The van der Waals surface area contributed by atoms with Crippen LogP contribution in [0.3, 0.4) is 0 Å². The van der Waals surface area contributed by atoms with Crippen molar-refractivity contribution in [3.05, 3.63) is 52.2 Å². The van der Waals surface area contributed by atoms with Gasteiger partial charge in [0.1, 0.15) is 0 Å². The van der Waals surface area contributed by atoms with Crippen LogP contribution >= 0.6 is 23.1 Å². The molecule has 1 aromatic heterocycles. The maximum absolute atomic E-state index is 3.56. The molecule has 3 heteroatoms. The molecule has 0 bridgehead atoms. The number of rotatable bonds is 6. The molecule has 1 nitrogen and oxygen atoms in total. The number of thiophene rings is 1. The van der Waals surface area contributed by atoms with E-state index in [9.17, 15) is 0 Å². The highest BCUT2D eigenvalue weighted by atomic mass is 32.2. The van der Waals surface area contributed by atoms with E-state index >= 15 is 0 Å². The number of nitrogens with one attached hydrogen (secondary N) is 1. The van der Waals surface area contributed by atoms with E-state index in [-0.39, 0.29) is 0 Å². The van der Waals surface area contributed by atoms with Crippen LogP contribution in [0.4, 0.5) is 0 Å². The highest BCUT2D eigenvalue weighted by Crippen LogP contribution is 2.28. The second kappa shape index (κ2) is 6.98. The van der Waals surface area contributed by atoms with Gasteiger partial charge < -0.3 is 5.32 Å². The van der Waals surface area contributed by atoms with Crippen molar-refractivity contribution in [1.29, 1.82) is 0 Å². The van der Waals surface area contributed by atoms with Gasteiger partial charge in [0.15, 0.2) is 0 Å². The molecule has 1 atom stereocenters. The first-order valence-corrected chi connectivity index (χ1v) is 8.13. The smallest absolute Gasteiger partial charge is 0.0510 e. The molecule has 1 N–H and O–H groups in total. The second-order valence-electron chi connectivity index (χ2n) is 4.20. The van der Waals surface area contributed by atoms with Crippen molar-refractivity contribution in [3.8, 4) is 0 Å². The molecule has 1 aromatic carbocycles. The second-order valence-corrected chi connectivity index (χ2v) is 6.24. The van der Waals surface area contributed by atoms with E-state index in [0.29, 0.717) is 6.04 Å². The summed E-state index contributed by atoms with van der Waals surface area (Å²) in [7, 11) is 0. The molecule has 0 radical (unpaired) electrons. The molecule has 0 saturated heterocycles. The van der Waals surface area contributed by atoms with Gasteiger partial charge >= 0.3 is 0 Å². The highest BCUT2D eigenvalue weighted by molar-refractivity contribution is 7.99. The van der Waals surface area contributed by atoms with Gasteiger partial charge in [-0.2, -0.15) is 0 Å². The third-order valence-corrected chi connectivity index (χ3v) is 5.09. The first kappa shape index (κ1) is 13.7. The van der Waals surface area contributed by atoms with Crippen LogP contribution in [0.2, 0.25) is 0 Å². The van der Waals surface area contributed by atoms with E-state index in [1.54, 1.807) is 0 Å². The zero-order valence-electron chi connectivity index (χ0n) is 10.8. The molecule has 0 saturated carbocycles. The highest BCUT2D eigenvalue weighted by Gasteiger charge is 2.12. The van der Waals surface area contributed by atoms with Gasteiger partial charge in [-0.1, -0.05) is 31.2 Å². The molecular formula is C15H19NS2. The minimum absolute atomic E-state index is 0.458. The van der Waals surface area contributed by atoms with Crippen molar-refractivity contribution in [2.24, 2.45) is 0 Å². The summed E-state index contributed by atoms with van der Waals surface area (Å²) in [6, 6.07) is 13.4. The third-order valence-electron chi connectivity index (χ3n) is 2.84. The lowest BCUT2D eigenvalue weighted by molar-refractivity contribution is 0.615. The van der Waals surface area contributed by atoms with Crippen molar-refractivity contribution >= 4 is 23.1 Å². The lowest BCUT2D eigenvalue weighted by Gasteiger charge is -2.16. The maximum atomic E-state index is 3.56. The van der Waals surface area contributed by atoms with E-state index in [4.69, 9.17) is 0 Å². The summed E-state index contributed by atoms with van der Waals surface area (Å²) < 4.78 is 0. The average molecular weight is 277 g/mol. The number of benzene rings is 1. The van der Waals surface area contributed by atoms with Crippen LogP contribution < -0.4 is 5.32 Å². The fourth-order valence-corrected chi connectivity index (χ4v) is 3.89. The summed E-state index contributed by atoms with van der Waals surface area (Å²) in [6.07, 6.45) is 0. The standard InChI is InChI=1S/C15H19NS2/c1-3-16-13(15-9-6-10-17-15)11-18-14-8-5-4-7-12(14)2/h4-10,13,16H,3,11H2,1-2H3. The Morgan fingerprint density at radius 2 is 2.06 bits per heavy atom. The fraction of sp³-hybridized carbons (Fsp3) is 0.333. The van der Waals surface area contributed by atoms with Crippen LogP contribution in [-0.4, -0.2) is 12.3 Å². The summed E-state index contributed by atoms with van der Waals surface area (Å²) in [5, 5.41) is 5.72. The van der Waals surface area contributed by atoms with E-state index in [1.165, 1.54) is 15.3 Å². The van der Waals surface area contributed by atoms with Crippen LogP contribution in [0.15, 0.2) is 46.7 Å². The molecule has 2 aromatic rings. The Labute approximate surface area is 118 Å². The molecule has 2 rings (SSSR count). The van der Waals surface area contributed by atoms with Gasteiger partial charge in [-0.3, -0.25) is 0 Å². The topological polar surface area (TPSA) is 12.0 Å². The largest absolute Gasteiger partial charge is 0.309 e. The zero-order valence-corrected chi connectivity index (χ0v) is 12.5. The minimum Gasteiger partial charge on any atom is -0.309 e. The van der Waals surface area contributed by atoms with Crippen molar-refractivity contribution in [2.45, 2.75) is 24.8 Å². The van der Waals surface area contributed by atoms with Gasteiger partial charge in [0.05, 0.1) is 6.04 Å². The van der Waals surface area contributed by atoms with Gasteiger partial charge in [0.2, 0.25) is 0 Å². The van der Waals surface area contributed by atoms with Crippen molar-refractivity contribution in [1.82, 2.24) is 5.32 Å². The van der Waals surface area contributed by atoms with Gasteiger partial charge in [0, 0.05) is 15.5 Å². The molecule has 0 spiro atoms. The van der Waals surface area contributed by atoms with Crippen molar-refractivity contribution in [2.75, 3.05) is 12.3 Å². The molecule has 96 valence electrons. The number of hydrogen-bond donors (Lipinski definition) is 1. The van der Waals surface area contributed by atoms with Gasteiger partial charge in [-0.15, -0.1) is 23.1 Å². The molecule has 1 unspecified atom stereocenters. The van der Waals surface area contributed by atoms with Gasteiger partial charge in [0.25, 0.3) is 0 Å². The summed E-state index contributed by atoms with van der Waals surface area (Å²) in [5.41, 5.74) is 1.36. The molecule has 1 heterocycles. The first-order chi connectivity index (χ1) is 8.81. The molecule has 0 aliphatic heterocycles. The van der Waals surface area contributed by atoms with E-state index < -0.39 is 0 Å². The van der Waals surface area contributed by atoms with E-state index in [1.807, 2.05) is 23.1 Å². The monoisotopic (exact) mass is 277 g/mol. The number of hydrogen-bond acceptors (Lipinski definition) is 3. The summed E-state index contributed by atoms with van der Waals surface area (Å²) in [4.78, 5) is 2.81. The molecule has 0 aliphatic carbocycles. The Kier molecular flexibility index (Phi) is 5.29. The lowest BCUT2D eigenvalue weighted by Crippen LogP contribution is -2.22. The predicted molar refractivity (Wildman–Crippen MR) is 82.6 cm³/mol. The van der Waals surface area contributed by atoms with Gasteiger partial charge in [-0.25, -0.2) is 0 Å². The molecule has 0 aliphatic rings. The van der Waals surface area contributed by atoms with Crippen molar-refractivity contribution < 1.29 is 0 Å². The van der Waals surface area contributed by atoms with E-state index in [2.05, 4.69) is 60.9 Å². The Morgan fingerprint density at radius 3 is 2.72 bits per heavy atom. The zero-order chi connectivity index (χ0) is 12.8. The Morgan fingerprint density at radius 1 is 1.22 bits per heavy atom. The minimum atomic E-state index is 0.458. The third kappa shape index (κ3) is 3.61. The van der Waals surface area contributed by atoms with Gasteiger partial charge in [-0.05, 0) is 36.5 Å². The van der Waals surface area contributed by atoms with Crippen LogP contribution in [0, 0.1) is 6.92 Å². The number of thioether (sulfide) groups is 1. The van der Waals surface area contributed by atoms with Crippen LogP contribution in [0.25, 0.3) is 0 Å². The quantitative estimate of drug-likeness (QED) is 0.780. The summed E-state index contributed by atoms with van der Waals surface area (Å²) >= 11 is 3.77. The normalized spacial score (nSPS) is 12.6. The summed E-state index contributed by atoms with van der Waals surface area (Å²) in [6.45, 7) is 5.35. The molecular weight excluding hydrogens is 258 g/mol. The molecule has 0 amide bonds. The number of aryl methyl sites for hydroxylation is 1. The maximum Gasteiger partial charge on any atom is 0.0510 e. The predicted octanol–water partition coefficient (Wildman–Crippen LogP) is 4.50. The molecule has 18 heavy (non-hydrogen) atoms. The van der Waals surface area contributed by atoms with Crippen LogP contribution in [-0.2, 0) is 0 Å². The Hall–Kier alpha value is -0.770. The molecule has 0 fully saturated rings. The fourth-order valence-electron chi connectivity index (χ4n) is 1.87. The SMILES string of the molecule is CCNC(CSc1ccccc1C)c1cccs1. The summed E-state index contributed by atoms with van der Waals surface area (Å²) in [5.74, 6) is 1.08. The average Bonchev–Trinajstić information content (AvgIpc) is 2.90. The Balaban J connectivity index is 2.00. The van der Waals surface area contributed by atoms with E-state index in [0.717, 1.165) is 12.3 Å². The van der Waals surface area contributed by atoms with Crippen molar-refractivity contribution in [3.63, 3.8) is 0 Å². The van der Waals surface area contributed by atoms with Crippen LogP contribution in [0.1, 0.15) is 23.4 Å². The lowest BCUT2D eigenvalue weighted by atomic mass is 10.2.